The Hall–Kier alpha value is -1.79. The molecule has 22 heavy (non-hydrogen) atoms. The third-order valence-electron chi connectivity index (χ3n) is 3.96. The van der Waals surface area contributed by atoms with E-state index >= 15 is 0 Å². The van der Waals surface area contributed by atoms with Crippen LogP contribution < -0.4 is 11.1 Å². The van der Waals surface area contributed by atoms with Crippen LogP contribution in [0.25, 0.3) is 10.6 Å². The number of benzene rings is 1. The summed E-state index contributed by atoms with van der Waals surface area (Å²) in [6.45, 7) is 4.37. The molecule has 0 saturated carbocycles. The van der Waals surface area contributed by atoms with Crippen LogP contribution in [0.4, 0.5) is 4.39 Å². The summed E-state index contributed by atoms with van der Waals surface area (Å²) in [6.07, 6.45) is 2.99. The Morgan fingerprint density at radius 2 is 2.05 bits per heavy atom. The van der Waals surface area contributed by atoms with Gasteiger partial charge in [-0.3, -0.25) is 4.79 Å². The smallest absolute Gasteiger partial charge is 0.263 e. The monoisotopic (exact) mass is 321 g/mol. The molecule has 1 aromatic carbocycles. The number of thiazole rings is 1. The molecule has 0 atom stereocenters. The molecule has 2 rings (SSSR count). The largest absolute Gasteiger partial charge is 0.345 e. The van der Waals surface area contributed by atoms with Gasteiger partial charge in [0.2, 0.25) is 0 Å². The van der Waals surface area contributed by atoms with Crippen LogP contribution in [-0.4, -0.2) is 23.0 Å². The minimum absolute atomic E-state index is 0.214. The molecular formula is C16H20FN3OS. The van der Waals surface area contributed by atoms with Gasteiger partial charge in [0.25, 0.3) is 5.91 Å². The average molecular weight is 321 g/mol. The van der Waals surface area contributed by atoms with Crippen molar-refractivity contribution in [3.63, 3.8) is 0 Å². The van der Waals surface area contributed by atoms with Crippen molar-refractivity contribution in [1.82, 2.24) is 10.3 Å². The molecule has 6 heteroatoms. The zero-order valence-corrected chi connectivity index (χ0v) is 13.5. The molecule has 3 N–H and O–H groups in total. The number of halogens is 1. The molecule has 4 nitrogen and oxygen atoms in total. The first kappa shape index (κ1) is 16.6. The van der Waals surface area contributed by atoms with E-state index in [2.05, 4.69) is 10.3 Å². The Labute approximate surface area is 133 Å². The molecule has 0 bridgehead atoms. The highest BCUT2D eigenvalue weighted by Crippen LogP contribution is 2.27. The van der Waals surface area contributed by atoms with Crippen LogP contribution in [0.2, 0.25) is 0 Å². The van der Waals surface area contributed by atoms with E-state index in [1.807, 2.05) is 13.8 Å². The first-order valence-electron chi connectivity index (χ1n) is 7.28. The first-order valence-corrected chi connectivity index (χ1v) is 8.10. The lowest BCUT2D eigenvalue weighted by atomic mass is 9.93. The highest BCUT2D eigenvalue weighted by atomic mass is 32.1. The van der Waals surface area contributed by atoms with Crippen LogP contribution in [0.15, 0.2) is 30.5 Å². The molecule has 0 fully saturated rings. The molecule has 1 aromatic heterocycles. The number of amides is 1. The lowest BCUT2D eigenvalue weighted by Gasteiger charge is -2.31. The highest BCUT2D eigenvalue weighted by molar-refractivity contribution is 7.16. The molecule has 1 amide bonds. The Bertz CT molecular complexity index is 644. The second-order valence-electron chi connectivity index (χ2n) is 5.16. The Morgan fingerprint density at radius 3 is 2.64 bits per heavy atom. The van der Waals surface area contributed by atoms with E-state index < -0.39 is 5.54 Å². The number of carbonyl (C=O) groups is 1. The number of nitrogens with one attached hydrogen (secondary N) is 1. The summed E-state index contributed by atoms with van der Waals surface area (Å²) in [7, 11) is 0. The van der Waals surface area contributed by atoms with Gasteiger partial charge in [-0.25, -0.2) is 9.37 Å². The fraction of sp³-hybridized carbons (Fsp3) is 0.375. The molecule has 2 aromatic rings. The number of hydrogen-bond acceptors (Lipinski definition) is 4. The maximum Gasteiger partial charge on any atom is 0.263 e. The van der Waals surface area contributed by atoms with Gasteiger partial charge in [0.05, 0.1) is 11.7 Å². The van der Waals surface area contributed by atoms with Crippen LogP contribution in [-0.2, 0) is 0 Å². The van der Waals surface area contributed by atoms with Gasteiger partial charge in [-0.1, -0.05) is 26.0 Å². The van der Waals surface area contributed by atoms with Gasteiger partial charge in [0.1, 0.15) is 15.7 Å². The van der Waals surface area contributed by atoms with Gasteiger partial charge < -0.3 is 11.1 Å². The fourth-order valence-corrected chi connectivity index (χ4v) is 3.05. The number of rotatable bonds is 6. The number of carbonyl (C=O) groups excluding carboxylic acids is 1. The Morgan fingerprint density at radius 1 is 1.36 bits per heavy atom. The molecule has 0 aliphatic heterocycles. The number of aromatic nitrogens is 1. The normalized spacial score (nSPS) is 11.5. The molecule has 0 spiro atoms. The summed E-state index contributed by atoms with van der Waals surface area (Å²) in [5, 5.41) is 3.48. The predicted molar refractivity (Wildman–Crippen MR) is 87.3 cm³/mol. The lowest BCUT2D eigenvalue weighted by molar-refractivity contribution is 0.0899. The summed E-state index contributed by atoms with van der Waals surface area (Å²) in [4.78, 5) is 17.0. The van der Waals surface area contributed by atoms with E-state index in [0.717, 1.165) is 12.8 Å². The third-order valence-corrected chi connectivity index (χ3v) is 4.99. The lowest BCUT2D eigenvalue weighted by Crippen LogP contribution is -2.52. The van der Waals surface area contributed by atoms with Crippen LogP contribution in [0.5, 0.6) is 0 Å². The highest BCUT2D eigenvalue weighted by Gasteiger charge is 2.27. The van der Waals surface area contributed by atoms with Crippen molar-refractivity contribution in [2.24, 2.45) is 5.73 Å². The van der Waals surface area contributed by atoms with Gasteiger partial charge in [-0.05, 0) is 25.0 Å². The van der Waals surface area contributed by atoms with Gasteiger partial charge in [-0.15, -0.1) is 11.3 Å². The second kappa shape index (κ2) is 6.98. The summed E-state index contributed by atoms with van der Waals surface area (Å²) in [6, 6.07) is 6.40. The molecule has 0 aliphatic rings. The molecule has 1 heterocycles. The van der Waals surface area contributed by atoms with Crippen LogP contribution in [0, 0.1) is 5.82 Å². The maximum atomic E-state index is 13.8. The minimum atomic E-state index is -0.404. The van der Waals surface area contributed by atoms with Gasteiger partial charge in [-0.2, -0.15) is 0 Å². The van der Waals surface area contributed by atoms with E-state index in [9.17, 15) is 9.18 Å². The van der Waals surface area contributed by atoms with Crippen molar-refractivity contribution < 1.29 is 9.18 Å². The number of nitrogens with two attached hydrogens (primary N) is 1. The summed E-state index contributed by atoms with van der Waals surface area (Å²) >= 11 is 1.18. The van der Waals surface area contributed by atoms with Crippen molar-refractivity contribution in [1.29, 1.82) is 0 Å². The number of nitrogens with zero attached hydrogens (tertiary/aromatic N) is 1. The molecule has 0 aliphatic carbocycles. The van der Waals surface area contributed by atoms with Crippen molar-refractivity contribution in [2.75, 3.05) is 6.54 Å². The quantitative estimate of drug-likeness (QED) is 0.858. The molecular weight excluding hydrogens is 301 g/mol. The van der Waals surface area contributed by atoms with E-state index in [4.69, 9.17) is 5.73 Å². The van der Waals surface area contributed by atoms with Gasteiger partial charge in [0.15, 0.2) is 0 Å². The Balaban J connectivity index is 2.21. The zero-order chi connectivity index (χ0) is 16.2. The molecule has 0 saturated heterocycles. The fourth-order valence-electron chi connectivity index (χ4n) is 2.21. The average Bonchev–Trinajstić information content (AvgIpc) is 3.03. The van der Waals surface area contributed by atoms with Gasteiger partial charge >= 0.3 is 0 Å². The zero-order valence-electron chi connectivity index (χ0n) is 12.7. The van der Waals surface area contributed by atoms with E-state index in [1.54, 1.807) is 18.2 Å². The standard InChI is InChI=1S/C16H20FN3OS/c1-3-16(4-2,10-18)20-14(21)13-9-19-15(22-13)11-7-5-6-8-12(11)17/h5-9H,3-4,10,18H2,1-2H3,(H,20,21). The SMILES string of the molecule is CCC(CC)(CN)NC(=O)c1cnc(-c2ccccc2F)s1. The molecule has 0 unspecified atom stereocenters. The first-order chi connectivity index (χ1) is 10.5. The van der Waals surface area contributed by atoms with Crippen molar-refractivity contribution in [2.45, 2.75) is 32.2 Å². The molecule has 118 valence electrons. The third kappa shape index (κ3) is 3.34. The van der Waals surface area contributed by atoms with E-state index in [1.165, 1.54) is 23.6 Å². The van der Waals surface area contributed by atoms with Crippen LogP contribution >= 0.6 is 11.3 Å². The summed E-state index contributed by atoms with van der Waals surface area (Å²) in [5.74, 6) is -0.559. The topological polar surface area (TPSA) is 68.0 Å². The van der Waals surface area contributed by atoms with Crippen molar-refractivity contribution in [3.05, 3.63) is 41.2 Å². The second-order valence-corrected chi connectivity index (χ2v) is 6.19. The van der Waals surface area contributed by atoms with Crippen LogP contribution in [0.3, 0.4) is 0 Å². The van der Waals surface area contributed by atoms with Crippen molar-refractivity contribution in [3.8, 4) is 10.6 Å². The van der Waals surface area contributed by atoms with Crippen molar-refractivity contribution >= 4 is 17.2 Å². The summed E-state index contributed by atoms with van der Waals surface area (Å²) in [5.41, 5.74) is 5.80. The Kier molecular flexibility index (Phi) is 5.26. The maximum absolute atomic E-state index is 13.8. The predicted octanol–water partition coefficient (Wildman–Crippen LogP) is 3.20. The van der Waals surface area contributed by atoms with Gasteiger partial charge in [0, 0.05) is 12.1 Å². The molecule has 0 radical (unpaired) electrons. The van der Waals surface area contributed by atoms with Crippen LogP contribution in [0.1, 0.15) is 36.4 Å². The number of hydrogen-bond donors (Lipinski definition) is 2. The summed E-state index contributed by atoms with van der Waals surface area (Å²) < 4.78 is 13.8. The van der Waals surface area contributed by atoms with E-state index in [-0.39, 0.29) is 11.7 Å². The minimum Gasteiger partial charge on any atom is -0.345 e. The van der Waals surface area contributed by atoms with E-state index in [0.29, 0.717) is 22.0 Å².